The van der Waals surface area contributed by atoms with Gasteiger partial charge in [-0.15, -0.1) is 0 Å². The highest BCUT2D eigenvalue weighted by Crippen LogP contribution is 2.12. The van der Waals surface area contributed by atoms with E-state index in [0.29, 0.717) is 12.1 Å². The van der Waals surface area contributed by atoms with Gasteiger partial charge in [0.05, 0.1) is 0 Å². The van der Waals surface area contributed by atoms with Gasteiger partial charge in [-0.3, -0.25) is 0 Å². The minimum atomic E-state index is -0.283. The third-order valence-corrected chi connectivity index (χ3v) is 1.30. The fourth-order valence-corrected chi connectivity index (χ4v) is 0.701. The number of hydrogen-bond donors (Lipinski definition) is 2. The van der Waals surface area contributed by atoms with Crippen molar-refractivity contribution in [2.45, 2.75) is 12.5 Å². The summed E-state index contributed by atoms with van der Waals surface area (Å²) >= 11 is 0. The summed E-state index contributed by atoms with van der Waals surface area (Å²) in [5.74, 6) is -0.283. The first kappa shape index (κ1) is 6.29. The number of nitrogens with two attached hydrogens (primary N) is 2. The van der Waals surface area contributed by atoms with E-state index in [2.05, 4.69) is 0 Å². The molecule has 0 aromatic carbocycles. The highest BCUT2D eigenvalue weighted by Gasteiger charge is 2.09. The van der Waals surface area contributed by atoms with Crippen LogP contribution < -0.4 is 11.5 Å². The first-order valence-electron chi connectivity index (χ1n) is 2.78. The summed E-state index contributed by atoms with van der Waals surface area (Å²) in [6.07, 6.45) is 3.20. The molecule has 0 heterocycles. The van der Waals surface area contributed by atoms with Crippen LogP contribution in [0.2, 0.25) is 0 Å². The topological polar surface area (TPSA) is 52.0 Å². The SMILES string of the molecule is NC1=CC(F)=CCC1N. The first-order valence-corrected chi connectivity index (χ1v) is 2.78. The van der Waals surface area contributed by atoms with Crippen LogP contribution in [0.1, 0.15) is 6.42 Å². The zero-order valence-corrected chi connectivity index (χ0v) is 4.97. The van der Waals surface area contributed by atoms with Gasteiger partial charge in [-0.2, -0.15) is 0 Å². The van der Waals surface area contributed by atoms with Crippen molar-refractivity contribution in [1.29, 1.82) is 0 Å². The van der Waals surface area contributed by atoms with Crippen LogP contribution in [-0.4, -0.2) is 6.04 Å². The second-order valence-corrected chi connectivity index (χ2v) is 2.08. The standard InChI is InChI=1S/C6H9FN2/c7-4-1-2-5(8)6(9)3-4/h1,3,5H,2,8-9H2. The van der Waals surface area contributed by atoms with Crippen molar-refractivity contribution >= 4 is 0 Å². The molecule has 9 heavy (non-hydrogen) atoms. The lowest BCUT2D eigenvalue weighted by atomic mass is 10.1. The molecule has 50 valence electrons. The maximum absolute atomic E-state index is 12.3. The quantitative estimate of drug-likeness (QED) is 0.496. The Bertz CT molecular complexity index is 172. The van der Waals surface area contributed by atoms with E-state index >= 15 is 0 Å². The van der Waals surface area contributed by atoms with Crippen LogP contribution in [0.5, 0.6) is 0 Å². The molecule has 1 aliphatic carbocycles. The minimum Gasteiger partial charge on any atom is -0.401 e. The van der Waals surface area contributed by atoms with E-state index in [0.717, 1.165) is 0 Å². The molecule has 0 saturated carbocycles. The van der Waals surface area contributed by atoms with E-state index in [9.17, 15) is 4.39 Å². The van der Waals surface area contributed by atoms with E-state index in [1.54, 1.807) is 0 Å². The van der Waals surface area contributed by atoms with E-state index in [4.69, 9.17) is 11.5 Å². The lowest BCUT2D eigenvalue weighted by Gasteiger charge is -2.12. The van der Waals surface area contributed by atoms with Crippen LogP contribution in [0.4, 0.5) is 4.39 Å². The average molecular weight is 128 g/mol. The minimum absolute atomic E-state index is 0.190. The van der Waals surface area contributed by atoms with Gasteiger partial charge in [-0.05, 0) is 18.6 Å². The van der Waals surface area contributed by atoms with Crippen molar-refractivity contribution in [2.24, 2.45) is 11.5 Å². The fraction of sp³-hybridized carbons (Fsp3) is 0.333. The van der Waals surface area contributed by atoms with Gasteiger partial charge in [0.1, 0.15) is 5.83 Å². The summed E-state index contributed by atoms with van der Waals surface area (Å²) in [6, 6.07) is -0.190. The summed E-state index contributed by atoms with van der Waals surface area (Å²) in [7, 11) is 0. The van der Waals surface area contributed by atoms with Crippen molar-refractivity contribution in [3.8, 4) is 0 Å². The smallest absolute Gasteiger partial charge is 0.121 e. The van der Waals surface area contributed by atoms with Crippen LogP contribution in [0, 0.1) is 0 Å². The molecule has 1 aliphatic rings. The van der Waals surface area contributed by atoms with Gasteiger partial charge in [0.25, 0.3) is 0 Å². The Morgan fingerprint density at radius 2 is 2.33 bits per heavy atom. The van der Waals surface area contributed by atoms with Gasteiger partial charge in [0.2, 0.25) is 0 Å². The molecule has 4 N–H and O–H groups in total. The summed E-state index contributed by atoms with van der Waals surface area (Å²) < 4.78 is 12.3. The summed E-state index contributed by atoms with van der Waals surface area (Å²) in [6.45, 7) is 0. The Morgan fingerprint density at radius 1 is 1.67 bits per heavy atom. The van der Waals surface area contributed by atoms with Gasteiger partial charge < -0.3 is 11.5 Å². The molecule has 1 rings (SSSR count). The van der Waals surface area contributed by atoms with Crippen LogP contribution in [0.15, 0.2) is 23.7 Å². The zero-order chi connectivity index (χ0) is 6.85. The molecule has 1 atom stereocenters. The molecule has 0 aromatic rings. The van der Waals surface area contributed by atoms with Gasteiger partial charge in [0.15, 0.2) is 0 Å². The molecule has 1 unspecified atom stereocenters. The third-order valence-electron chi connectivity index (χ3n) is 1.30. The Balaban J connectivity index is 2.74. The summed E-state index contributed by atoms with van der Waals surface area (Å²) in [5, 5.41) is 0. The molecule has 0 spiro atoms. The van der Waals surface area contributed by atoms with Crippen molar-refractivity contribution in [2.75, 3.05) is 0 Å². The van der Waals surface area contributed by atoms with Gasteiger partial charge in [-0.1, -0.05) is 0 Å². The van der Waals surface area contributed by atoms with E-state index in [1.807, 2.05) is 0 Å². The number of allylic oxidation sites excluding steroid dienone is 2. The highest BCUT2D eigenvalue weighted by molar-refractivity contribution is 5.25. The molecular weight excluding hydrogens is 119 g/mol. The van der Waals surface area contributed by atoms with Gasteiger partial charge in [0, 0.05) is 11.7 Å². The Morgan fingerprint density at radius 3 is 2.78 bits per heavy atom. The molecule has 2 nitrogen and oxygen atoms in total. The molecule has 0 fully saturated rings. The van der Waals surface area contributed by atoms with Crippen LogP contribution in [-0.2, 0) is 0 Å². The molecular formula is C6H9FN2. The Labute approximate surface area is 53.0 Å². The Hall–Kier alpha value is -0.830. The molecule has 3 heteroatoms. The highest BCUT2D eigenvalue weighted by atomic mass is 19.1. The summed E-state index contributed by atoms with van der Waals surface area (Å²) in [4.78, 5) is 0. The van der Waals surface area contributed by atoms with Crippen molar-refractivity contribution in [1.82, 2.24) is 0 Å². The molecule has 0 bridgehead atoms. The van der Waals surface area contributed by atoms with E-state index in [1.165, 1.54) is 12.2 Å². The van der Waals surface area contributed by atoms with Crippen LogP contribution in [0.25, 0.3) is 0 Å². The third kappa shape index (κ3) is 1.29. The molecule has 0 amide bonds. The maximum Gasteiger partial charge on any atom is 0.121 e. The molecule has 0 saturated heterocycles. The zero-order valence-electron chi connectivity index (χ0n) is 4.97. The molecule has 0 aromatic heterocycles. The van der Waals surface area contributed by atoms with Crippen LogP contribution >= 0.6 is 0 Å². The second-order valence-electron chi connectivity index (χ2n) is 2.08. The maximum atomic E-state index is 12.3. The lowest BCUT2D eigenvalue weighted by molar-refractivity contribution is 0.629. The fourth-order valence-electron chi connectivity index (χ4n) is 0.701. The predicted octanol–water partition coefficient (Wildman–Crippen LogP) is 0.413. The molecule has 0 aliphatic heterocycles. The van der Waals surface area contributed by atoms with Gasteiger partial charge in [-0.25, -0.2) is 4.39 Å². The van der Waals surface area contributed by atoms with E-state index < -0.39 is 0 Å². The first-order chi connectivity index (χ1) is 4.20. The van der Waals surface area contributed by atoms with Crippen molar-refractivity contribution in [3.05, 3.63) is 23.7 Å². The second kappa shape index (κ2) is 2.19. The summed E-state index contributed by atoms with van der Waals surface area (Å²) in [5.41, 5.74) is 11.2. The number of hydrogen-bond acceptors (Lipinski definition) is 2. The number of rotatable bonds is 0. The van der Waals surface area contributed by atoms with E-state index in [-0.39, 0.29) is 11.9 Å². The molecule has 0 radical (unpaired) electrons. The average Bonchev–Trinajstić information content (AvgIpc) is 1.80. The van der Waals surface area contributed by atoms with Crippen LogP contribution in [0.3, 0.4) is 0 Å². The van der Waals surface area contributed by atoms with Gasteiger partial charge >= 0.3 is 0 Å². The lowest BCUT2D eigenvalue weighted by Crippen LogP contribution is -2.28. The largest absolute Gasteiger partial charge is 0.401 e. The number of halogens is 1. The normalized spacial score (nSPS) is 27.1. The Kier molecular flexibility index (Phi) is 1.53. The van der Waals surface area contributed by atoms with Crippen molar-refractivity contribution in [3.63, 3.8) is 0 Å². The monoisotopic (exact) mass is 128 g/mol. The predicted molar refractivity (Wildman–Crippen MR) is 34.1 cm³/mol. The van der Waals surface area contributed by atoms with Crippen molar-refractivity contribution < 1.29 is 4.39 Å².